The van der Waals surface area contributed by atoms with Gasteiger partial charge in [0, 0.05) is 5.69 Å². The first kappa shape index (κ1) is 20.3. The Bertz CT molecular complexity index is 970. The van der Waals surface area contributed by atoms with Crippen molar-refractivity contribution < 1.29 is 19.0 Å². The summed E-state index contributed by atoms with van der Waals surface area (Å²) in [5.41, 5.74) is 3.66. The van der Waals surface area contributed by atoms with Gasteiger partial charge in [0.2, 0.25) is 5.91 Å². The molecule has 29 heavy (non-hydrogen) atoms. The van der Waals surface area contributed by atoms with Gasteiger partial charge < -0.3 is 19.5 Å². The largest absolute Gasteiger partial charge is 0.493 e. The second-order valence-electron chi connectivity index (χ2n) is 6.67. The second-order valence-corrected chi connectivity index (χ2v) is 6.67. The van der Waals surface area contributed by atoms with Crippen molar-refractivity contribution >= 4 is 11.6 Å². The molecule has 0 spiro atoms. The van der Waals surface area contributed by atoms with E-state index in [4.69, 9.17) is 14.2 Å². The van der Waals surface area contributed by atoms with Gasteiger partial charge in [-0.25, -0.2) is 0 Å². The summed E-state index contributed by atoms with van der Waals surface area (Å²) >= 11 is 0. The van der Waals surface area contributed by atoms with Gasteiger partial charge in [0.25, 0.3) is 0 Å². The quantitative estimate of drug-likeness (QED) is 0.601. The molecule has 3 rings (SSSR count). The predicted molar refractivity (Wildman–Crippen MR) is 114 cm³/mol. The molecule has 0 radical (unpaired) electrons. The molecule has 3 aromatic rings. The minimum Gasteiger partial charge on any atom is -0.493 e. The van der Waals surface area contributed by atoms with E-state index in [2.05, 4.69) is 5.32 Å². The lowest BCUT2D eigenvalue weighted by atomic mass is 10.1. The zero-order valence-electron chi connectivity index (χ0n) is 16.9. The average molecular weight is 391 g/mol. The molecule has 0 heterocycles. The molecule has 3 aromatic carbocycles. The van der Waals surface area contributed by atoms with Crippen LogP contribution in [0.15, 0.2) is 66.7 Å². The van der Waals surface area contributed by atoms with Gasteiger partial charge in [-0.05, 0) is 53.9 Å². The molecule has 0 aromatic heterocycles. The Hall–Kier alpha value is -3.47. The zero-order chi connectivity index (χ0) is 20.6. The lowest BCUT2D eigenvalue weighted by Gasteiger charge is -2.12. The number of carbonyl (C=O) groups excluding carboxylic acids is 1. The van der Waals surface area contributed by atoms with Crippen LogP contribution in [0.4, 0.5) is 5.69 Å². The summed E-state index contributed by atoms with van der Waals surface area (Å²) in [5, 5.41) is 2.96. The maximum absolute atomic E-state index is 12.5. The number of nitrogens with one attached hydrogen (secondary N) is 1. The van der Waals surface area contributed by atoms with E-state index in [1.54, 1.807) is 20.3 Å². The first-order valence-electron chi connectivity index (χ1n) is 9.37. The number of hydrogen-bond donors (Lipinski definition) is 1. The third-order valence-corrected chi connectivity index (χ3v) is 4.53. The van der Waals surface area contributed by atoms with Crippen molar-refractivity contribution in [1.29, 1.82) is 0 Å². The average Bonchev–Trinajstić information content (AvgIpc) is 2.74. The molecule has 0 bridgehead atoms. The number of methoxy groups -OCH3 is 2. The number of amides is 1. The van der Waals surface area contributed by atoms with Crippen molar-refractivity contribution in [2.45, 2.75) is 20.0 Å². The van der Waals surface area contributed by atoms with E-state index in [0.29, 0.717) is 18.1 Å². The van der Waals surface area contributed by atoms with Crippen LogP contribution in [-0.2, 0) is 17.8 Å². The first-order valence-corrected chi connectivity index (χ1v) is 9.37. The molecule has 0 aliphatic carbocycles. The van der Waals surface area contributed by atoms with E-state index in [9.17, 15) is 4.79 Å². The minimum absolute atomic E-state index is 0.0988. The summed E-state index contributed by atoms with van der Waals surface area (Å²) in [5.74, 6) is 1.91. The monoisotopic (exact) mass is 391 g/mol. The Morgan fingerprint density at radius 1 is 0.862 bits per heavy atom. The lowest BCUT2D eigenvalue weighted by molar-refractivity contribution is -0.115. The highest BCUT2D eigenvalue weighted by Gasteiger charge is 2.10. The molecule has 1 amide bonds. The van der Waals surface area contributed by atoms with Gasteiger partial charge in [-0.2, -0.15) is 0 Å². The zero-order valence-corrected chi connectivity index (χ0v) is 16.9. The van der Waals surface area contributed by atoms with E-state index in [0.717, 1.165) is 28.1 Å². The number of ether oxygens (including phenoxy) is 3. The molecule has 1 N–H and O–H groups in total. The highest BCUT2D eigenvalue weighted by molar-refractivity contribution is 5.93. The van der Waals surface area contributed by atoms with Gasteiger partial charge in [-0.15, -0.1) is 0 Å². The van der Waals surface area contributed by atoms with Crippen LogP contribution in [0.25, 0.3) is 0 Å². The molecule has 0 saturated heterocycles. The molecule has 5 nitrogen and oxygen atoms in total. The fraction of sp³-hybridized carbons (Fsp3) is 0.208. The third-order valence-electron chi connectivity index (χ3n) is 4.53. The van der Waals surface area contributed by atoms with Gasteiger partial charge in [0.15, 0.2) is 11.5 Å². The summed E-state index contributed by atoms with van der Waals surface area (Å²) in [7, 11) is 3.16. The van der Waals surface area contributed by atoms with Crippen molar-refractivity contribution in [2.24, 2.45) is 0 Å². The Morgan fingerprint density at radius 2 is 1.62 bits per heavy atom. The molecule has 0 unspecified atom stereocenters. The van der Waals surface area contributed by atoms with Crippen LogP contribution < -0.4 is 19.5 Å². The van der Waals surface area contributed by atoms with Gasteiger partial charge in [-0.1, -0.05) is 36.4 Å². The molecular formula is C24H25NO4. The molecule has 0 aliphatic heterocycles. The Labute approximate surface area is 171 Å². The minimum atomic E-state index is -0.0988. The predicted octanol–water partition coefficient (Wildman–Crippen LogP) is 4.77. The SMILES string of the molecule is COc1ccc(CC(=O)Nc2ccc(OCc3ccccc3)cc2C)cc1OC. The summed E-state index contributed by atoms with van der Waals surface area (Å²) in [6.45, 7) is 2.45. The van der Waals surface area contributed by atoms with Gasteiger partial charge in [0.1, 0.15) is 12.4 Å². The summed E-state index contributed by atoms with van der Waals surface area (Å²) in [4.78, 5) is 12.5. The van der Waals surface area contributed by atoms with Crippen LogP contribution >= 0.6 is 0 Å². The van der Waals surface area contributed by atoms with Crippen LogP contribution in [-0.4, -0.2) is 20.1 Å². The Kier molecular flexibility index (Phi) is 6.74. The number of benzene rings is 3. The lowest BCUT2D eigenvalue weighted by Crippen LogP contribution is -2.15. The Balaban J connectivity index is 1.60. The second kappa shape index (κ2) is 9.64. The summed E-state index contributed by atoms with van der Waals surface area (Å²) < 4.78 is 16.4. The van der Waals surface area contributed by atoms with Crippen LogP contribution in [0.5, 0.6) is 17.2 Å². The van der Waals surface area contributed by atoms with Gasteiger partial charge >= 0.3 is 0 Å². The fourth-order valence-electron chi connectivity index (χ4n) is 2.98. The van der Waals surface area contributed by atoms with Crippen LogP contribution in [0, 0.1) is 6.92 Å². The van der Waals surface area contributed by atoms with Crippen LogP contribution in [0.2, 0.25) is 0 Å². The summed E-state index contributed by atoms with van der Waals surface area (Å²) in [6.07, 6.45) is 0.242. The smallest absolute Gasteiger partial charge is 0.228 e. The van der Waals surface area contributed by atoms with E-state index in [-0.39, 0.29) is 12.3 Å². The topological polar surface area (TPSA) is 56.8 Å². The van der Waals surface area contributed by atoms with E-state index in [1.165, 1.54) is 0 Å². The molecule has 150 valence electrons. The number of carbonyl (C=O) groups is 1. The van der Waals surface area contributed by atoms with Crippen LogP contribution in [0.1, 0.15) is 16.7 Å². The molecule has 0 fully saturated rings. The van der Waals surface area contributed by atoms with Crippen molar-refractivity contribution in [3.63, 3.8) is 0 Å². The normalized spacial score (nSPS) is 10.3. The van der Waals surface area contributed by atoms with Crippen molar-refractivity contribution in [1.82, 2.24) is 0 Å². The number of rotatable bonds is 8. The number of aryl methyl sites for hydroxylation is 1. The van der Waals surface area contributed by atoms with Crippen LogP contribution in [0.3, 0.4) is 0 Å². The standard InChI is InChI=1S/C24H25NO4/c1-17-13-20(29-16-18-7-5-4-6-8-18)10-11-21(17)25-24(26)15-19-9-12-22(27-2)23(14-19)28-3/h4-14H,15-16H2,1-3H3,(H,25,26). The maximum atomic E-state index is 12.5. The number of anilines is 1. The van der Waals surface area contributed by atoms with E-state index < -0.39 is 0 Å². The third kappa shape index (κ3) is 5.51. The summed E-state index contributed by atoms with van der Waals surface area (Å²) in [6, 6.07) is 21.1. The molecule has 0 saturated carbocycles. The van der Waals surface area contributed by atoms with Gasteiger partial charge in [0.05, 0.1) is 20.6 Å². The van der Waals surface area contributed by atoms with Gasteiger partial charge in [-0.3, -0.25) is 4.79 Å². The Morgan fingerprint density at radius 3 is 2.31 bits per heavy atom. The van der Waals surface area contributed by atoms with E-state index >= 15 is 0 Å². The molecule has 0 atom stereocenters. The van der Waals surface area contributed by atoms with Crippen molar-refractivity contribution in [2.75, 3.05) is 19.5 Å². The van der Waals surface area contributed by atoms with E-state index in [1.807, 2.05) is 67.6 Å². The van der Waals surface area contributed by atoms with Crippen molar-refractivity contribution in [3.05, 3.63) is 83.4 Å². The molecule has 0 aliphatic rings. The highest BCUT2D eigenvalue weighted by atomic mass is 16.5. The highest BCUT2D eigenvalue weighted by Crippen LogP contribution is 2.28. The number of hydrogen-bond acceptors (Lipinski definition) is 4. The molecular weight excluding hydrogens is 366 g/mol. The maximum Gasteiger partial charge on any atom is 0.228 e. The molecule has 5 heteroatoms. The fourth-order valence-corrected chi connectivity index (χ4v) is 2.98. The first-order chi connectivity index (χ1) is 14.1. The van der Waals surface area contributed by atoms with Crippen molar-refractivity contribution in [3.8, 4) is 17.2 Å².